The van der Waals surface area contributed by atoms with E-state index in [-0.39, 0.29) is 5.91 Å². The van der Waals surface area contributed by atoms with Crippen molar-refractivity contribution in [3.05, 3.63) is 65.7 Å². The maximum absolute atomic E-state index is 13.4. The molecule has 28 heavy (non-hydrogen) atoms. The Morgan fingerprint density at radius 1 is 1.00 bits per heavy atom. The SMILES string of the molecule is Cc1c(-c2ccccc2)nc2ccccc2c1C(=O)NN1CC2CCCC2C1. The molecule has 0 bridgehead atoms. The number of amides is 1. The number of rotatable bonds is 3. The summed E-state index contributed by atoms with van der Waals surface area (Å²) in [5, 5.41) is 3.05. The minimum atomic E-state index is -0.0201. The van der Waals surface area contributed by atoms with Crippen LogP contribution in [0.15, 0.2) is 54.6 Å². The second-order valence-electron chi connectivity index (χ2n) is 8.14. The largest absolute Gasteiger partial charge is 0.285 e. The van der Waals surface area contributed by atoms with Crippen LogP contribution < -0.4 is 5.43 Å². The van der Waals surface area contributed by atoms with Gasteiger partial charge in [0.05, 0.1) is 16.8 Å². The maximum atomic E-state index is 13.4. The Balaban J connectivity index is 1.54. The third kappa shape index (κ3) is 2.98. The predicted molar refractivity (Wildman–Crippen MR) is 112 cm³/mol. The summed E-state index contributed by atoms with van der Waals surface area (Å²) in [6, 6.07) is 18.0. The molecule has 4 nitrogen and oxygen atoms in total. The summed E-state index contributed by atoms with van der Waals surface area (Å²) in [7, 11) is 0. The Hall–Kier alpha value is -2.72. The van der Waals surface area contributed by atoms with Gasteiger partial charge in [-0.05, 0) is 43.2 Å². The lowest BCUT2D eigenvalue weighted by Gasteiger charge is -2.20. The Kier molecular flexibility index (Phi) is 4.36. The van der Waals surface area contributed by atoms with Gasteiger partial charge in [0, 0.05) is 24.0 Å². The molecule has 2 aliphatic rings. The summed E-state index contributed by atoms with van der Waals surface area (Å²) < 4.78 is 0. The highest BCUT2D eigenvalue weighted by molar-refractivity contribution is 6.08. The number of carbonyl (C=O) groups is 1. The number of pyridine rings is 1. The average molecular weight is 371 g/mol. The van der Waals surface area contributed by atoms with Crippen molar-refractivity contribution in [2.45, 2.75) is 26.2 Å². The molecule has 142 valence electrons. The van der Waals surface area contributed by atoms with Crippen LogP contribution in [0.1, 0.15) is 35.2 Å². The third-order valence-electron chi connectivity index (χ3n) is 6.40. The zero-order chi connectivity index (χ0) is 19.1. The van der Waals surface area contributed by atoms with Gasteiger partial charge in [0.15, 0.2) is 0 Å². The Morgan fingerprint density at radius 3 is 2.43 bits per heavy atom. The molecule has 2 unspecified atom stereocenters. The molecule has 1 saturated heterocycles. The normalized spacial score (nSPS) is 21.8. The zero-order valence-electron chi connectivity index (χ0n) is 16.2. The smallest absolute Gasteiger partial charge is 0.266 e. The van der Waals surface area contributed by atoms with Crippen LogP contribution in [0.5, 0.6) is 0 Å². The number of hydrogen-bond acceptors (Lipinski definition) is 3. The van der Waals surface area contributed by atoms with Crippen molar-refractivity contribution in [2.24, 2.45) is 11.8 Å². The standard InChI is InChI=1S/C24H25N3O/c1-16-22(24(28)26-27-14-18-10-7-11-19(18)15-27)20-12-5-6-13-21(20)25-23(16)17-8-3-2-4-9-17/h2-6,8-9,12-13,18-19H,7,10-11,14-15H2,1H3,(H,26,28). The Morgan fingerprint density at radius 2 is 1.68 bits per heavy atom. The number of fused-ring (bicyclic) bond motifs is 2. The van der Waals surface area contributed by atoms with Crippen molar-refractivity contribution in [1.29, 1.82) is 0 Å². The molecule has 1 amide bonds. The van der Waals surface area contributed by atoms with Crippen LogP contribution in [0, 0.1) is 18.8 Å². The van der Waals surface area contributed by atoms with Gasteiger partial charge in [0.1, 0.15) is 0 Å². The van der Waals surface area contributed by atoms with Gasteiger partial charge in [-0.15, -0.1) is 0 Å². The number of aromatic nitrogens is 1. The summed E-state index contributed by atoms with van der Waals surface area (Å²) in [4.78, 5) is 18.2. The van der Waals surface area contributed by atoms with Crippen molar-refractivity contribution in [3.8, 4) is 11.3 Å². The monoisotopic (exact) mass is 371 g/mol. The first-order valence-corrected chi connectivity index (χ1v) is 10.2. The van der Waals surface area contributed by atoms with Crippen LogP contribution >= 0.6 is 0 Å². The molecular weight excluding hydrogens is 346 g/mol. The van der Waals surface area contributed by atoms with E-state index in [4.69, 9.17) is 4.98 Å². The van der Waals surface area contributed by atoms with Crippen LogP contribution in [0.3, 0.4) is 0 Å². The van der Waals surface area contributed by atoms with Gasteiger partial charge in [-0.1, -0.05) is 55.0 Å². The number of hydrazine groups is 1. The fourth-order valence-electron chi connectivity index (χ4n) is 5.00. The van der Waals surface area contributed by atoms with Gasteiger partial charge in [-0.25, -0.2) is 9.99 Å². The summed E-state index contributed by atoms with van der Waals surface area (Å²) in [6.07, 6.45) is 3.93. The molecule has 1 N–H and O–H groups in total. The fraction of sp³-hybridized carbons (Fsp3) is 0.333. The van der Waals surface area contributed by atoms with Gasteiger partial charge in [-0.3, -0.25) is 10.2 Å². The van der Waals surface area contributed by atoms with Crippen molar-refractivity contribution in [3.63, 3.8) is 0 Å². The molecule has 1 aliphatic carbocycles. The predicted octanol–water partition coefficient (Wildman–Crippen LogP) is 4.59. The number of benzene rings is 2. The Labute approximate surface area is 165 Å². The molecule has 0 radical (unpaired) electrons. The molecule has 5 rings (SSSR count). The minimum absolute atomic E-state index is 0.0201. The second-order valence-corrected chi connectivity index (χ2v) is 8.14. The number of carbonyl (C=O) groups excluding carboxylic acids is 1. The van der Waals surface area contributed by atoms with Gasteiger partial charge < -0.3 is 0 Å². The van der Waals surface area contributed by atoms with Gasteiger partial charge in [-0.2, -0.15) is 0 Å². The zero-order valence-corrected chi connectivity index (χ0v) is 16.2. The van der Waals surface area contributed by atoms with Crippen molar-refractivity contribution >= 4 is 16.8 Å². The average Bonchev–Trinajstić information content (AvgIpc) is 3.29. The first kappa shape index (κ1) is 17.4. The summed E-state index contributed by atoms with van der Waals surface area (Å²) in [5.41, 5.74) is 7.64. The van der Waals surface area contributed by atoms with E-state index in [0.717, 1.165) is 58.2 Å². The van der Waals surface area contributed by atoms with Crippen molar-refractivity contribution in [1.82, 2.24) is 15.4 Å². The number of nitrogens with zero attached hydrogens (tertiary/aromatic N) is 2. The highest BCUT2D eigenvalue weighted by Gasteiger charge is 2.37. The van der Waals surface area contributed by atoms with E-state index in [1.165, 1.54) is 19.3 Å². The van der Waals surface area contributed by atoms with Crippen molar-refractivity contribution in [2.75, 3.05) is 13.1 Å². The maximum Gasteiger partial charge on any atom is 0.266 e. The fourth-order valence-corrected chi connectivity index (χ4v) is 5.00. The molecule has 1 aromatic heterocycles. The number of hydrogen-bond donors (Lipinski definition) is 1. The van der Waals surface area contributed by atoms with Crippen molar-refractivity contribution < 1.29 is 4.79 Å². The van der Waals surface area contributed by atoms with E-state index in [1.54, 1.807) is 0 Å². The molecule has 2 atom stereocenters. The number of nitrogens with one attached hydrogen (secondary N) is 1. The topological polar surface area (TPSA) is 45.2 Å². The van der Waals surface area contributed by atoms with Crippen LogP contribution in [0.25, 0.3) is 22.2 Å². The highest BCUT2D eigenvalue weighted by Crippen LogP contribution is 2.37. The summed E-state index contributed by atoms with van der Waals surface area (Å²) in [5.74, 6) is 1.47. The first-order chi connectivity index (χ1) is 13.7. The van der Waals surface area contributed by atoms with Crippen LogP contribution in [-0.4, -0.2) is 29.0 Å². The summed E-state index contributed by atoms with van der Waals surface area (Å²) >= 11 is 0. The molecular formula is C24H25N3O. The van der Waals surface area contributed by atoms with Gasteiger partial charge >= 0.3 is 0 Å². The highest BCUT2D eigenvalue weighted by atomic mass is 16.2. The molecule has 2 aromatic carbocycles. The van der Waals surface area contributed by atoms with Crippen LogP contribution in [0.4, 0.5) is 0 Å². The molecule has 0 spiro atoms. The first-order valence-electron chi connectivity index (χ1n) is 10.2. The molecule has 1 aliphatic heterocycles. The third-order valence-corrected chi connectivity index (χ3v) is 6.40. The molecule has 1 saturated carbocycles. The Bertz CT molecular complexity index is 1020. The van der Waals surface area contributed by atoms with E-state index in [9.17, 15) is 4.79 Å². The van der Waals surface area contributed by atoms with Crippen LogP contribution in [-0.2, 0) is 0 Å². The molecule has 3 aromatic rings. The van der Waals surface area contributed by atoms with E-state index in [2.05, 4.69) is 10.4 Å². The second kappa shape index (κ2) is 7.02. The molecule has 2 heterocycles. The van der Waals surface area contributed by atoms with Gasteiger partial charge in [0.25, 0.3) is 5.91 Å². The lowest BCUT2D eigenvalue weighted by atomic mass is 9.97. The summed E-state index contributed by atoms with van der Waals surface area (Å²) in [6.45, 7) is 3.96. The van der Waals surface area contributed by atoms with Gasteiger partial charge in [0.2, 0.25) is 0 Å². The van der Waals surface area contributed by atoms with Crippen LogP contribution in [0.2, 0.25) is 0 Å². The quantitative estimate of drug-likeness (QED) is 0.733. The minimum Gasteiger partial charge on any atom is -0.285 e. The van der Waals surface area contributed by atoms with E-state index >= 15 is 0 Å². The lowest BCUT2D eigenvalue weighted by molar-refractivity contribution is 0.0815. The molecule has 2 fully saturated rings. The number of para-hydroxylation sites is 1. The lowest BCUT2D eigenvalue weighted by Crippen LogP contribution is -2.41. The molecule has 4 heteroatoms. The van der Waals surface area contributed by atoms with E-state index in [0.29, 0.717) is 0 Å². The van der Waals surface area contributed by atoms with E-state index in [1.807, 2.05) is 61.5 Å². The van der Waals surface area contributed by atoms with E-state index < -0.39 is 0 Å².